The SMILES string of the molecule is COc1cc([N+](=O)[O-])ccc1Oc1cc(Br)ccc1CO. The second-order valence-electron chi connectivity index (χ2n) is 4.10. The zero-order valence-corrected chi connectivity index (χ0v) is 12.7. The Bertz CT molecular complexity index is 674. The van der Waals surface area contributed by atoms with E-state index in [0.29, 0.717) is 17.1 Å². The Morgan fingerprint density at radius 3 is 2.57 bits per heavy atom. The van der Waals surface area contributed by atoms with Gasteiger partial charge in [-0.25, -0.2) is 0 Å². The van der Waals surface area contributed by atoms with Crippen LogP contribution in [0.15, 0.2) is 40.9 Å². The second kappa shape index (κ2) is 6.55. The molecule has 0 unspecified atom stereocenters. The monoisotopic (exact) mass is 353 g/mol. The predicted molar refractivity (Wildman–Crippen MR) is 79.8 cm³/mol. The number of benzene rings is 2. The maximum absolute atomic E-state index is 10.8. The van der Waals surface area contributed by atoms with Gasteiger partial charge in [0.1, 0.15) is 5.75 Å². The van der Waals surface area contributed by atoms with Crippen LogP contribution in [0.1, 0.15) is 5.56 Å². The lowest BCUT2D eigenvalue weighted by Gasteiger charge is -2.13. The smallest absolute Gasteiger partial charge is 0.273 e. The number of aliphatic hydroxyl groups is 1. The van der Waals surface area contributed by atoms with Crippen LogP contribution in [0, 0.1) is 10.1 Å². The highest BCUT2D eigenvalue weighted by molar-refractivity contribution is 9.10. The lowest BCUT2D eigenvalue weighted by atomic mass is 10.2. The molecule has 0 amide bonds. The average molecular weight is 354 g/mol. The Morgan fingerprint density at radius 2 is 1.95 bits per heavy atom. The molecule has 0 saturated heterocycles. The summed E-state index contributed by atoms with van der Waals surface area (Å²) in [5.74, 6) is 1.02. The van der Waals surface area contributed by atoms with E-state index >= 15 is 0 Å². The summed E-state index contributed by atoms with van der Waals surface area (Å²) in [5.41, 5.74) is 0.509. The minimum absolute atomic E-state index is 0.0872. The predicted octanol–water partition coefficient (Wildman–Crippen LogP) is 3.65. The van der Waals surface area contributed by atoms with Gasteiger partial charge in [-0.2, -0.15) is 0 Å². The Morgan fingerprint density at radius 1 is 1.19 bits per heavy atom. The maximum Gasteiger partial charge on any atom is 0.273 e. The third kappa shape index (κ3) is 3.50. The molecule has 1 N–H and O–H groups in total. The molecule has 0 saturated carbocycles. The standard InChI is InChI=1S/C14H12BrNO5/c1-20-14-7-11(16(18)19)4-5-12(14)21-13-6-10(15)3-2-9(13)8-17/h2-7,17H,8H2,1H3. The number of nitro benzene ring substituents is 1. The van der Waals surface area contributed by atoms with Gasteiger partial charge in [0.2, 0.25) is 0 Å². The molecule has 0 spiro atoms. The Labute approximate surface area is 129 Å². The van der Waals surface area contributed by atoms with E-state index in [1.807, 2.05) is 0 Å². The van der Waals surface area contributed by atoms with E-state index in [1.54, 1.807) is 18.2 Å². The molecule has 0 heterocycles. The van der Waals surface area contributed by atoms with Crippen LogP contribution < -0.4 is 9.47 Å². The van der Waals surface area contributed by atoms with E-state index in [-0.39, 0.29) is 18.0 Å². The molecule has 2 aromatic rings. The third-order valence-corrected chi connectivity index (χ3v) is 3.27. The quantitative estimate of drug-likeness (QED) is 0.655. The number of methoxy groups -OCH3 is 1. The molecule has 0 fully saturated rings. The molecule has 0 aliphatic rings. The van der Waals surface area contributed by atoms with E-state index < -0.39 is 4.92 Å². The fourth-order valence-electron chi connectivity index (χ4n) is 1.73. The van der Waals surface area contributed by atoms with Gasteiger partial charge in [0.05, 0.1) is 24.7 Å². The number of halogens is 1. The number of ether oxygens (including phenoxy) is 2. The van der Waals surface area contributed by atoms with Gasteiger partial charge in [-0.15, -0.1) is 0 Å². The van der Waals surface area contributed by atoms with Gasteiger partial charge in [0, 0.05) is 16.1 Å². The minimum Gasteiger partial charge on any atom is -0.493 e. The molecule has 0 aliphatic carbocycles. The van der Waals surface area contributed by atoms with Crippen molar-refractivity contribution in [1.29, 1.82) is 0 Å². The highest BCUT2D eigenvalue weighted by Gasteiger charge is 2.14. The summed E-state index contributed by atoms with van der Waals surface area (Å²) in [4.78, 5) is 10.2. The first kappa shape index (κ1) is 15.3. The number of nitro groups is 1. The zero-order chi connectivity index (χ0) is 15.4. The molecule has 0 aliphatic heterocycles. The van der Waals surface area contributed by atoms with Crippen LogP contribution in [0.5, 0.6) is 17.2 Å². The topological polar surface area (TPSA) is 81.8 Å². The van der Waals surface area contributed by atoms with E-state index in [4.69, 9.17) is 9.47 Å². The van der Waals surface area contributed by atoms with Crippen molar-refractivity contribution in [1.82, 2.24) is 0 Å². The van der Waals surface area contributed by atoms with E-state index in [9.17, 15) is 15.2 Å². The Hall–Kier alpha value is -2.12. The fourth-order valence-corrected chi connectivity index (χ4v) is 2.07. The number of hydrogen-bond acceptors (Lipinski definition) is 5. The van der Waals surface area contributed by atoms with Crippen LogP contribution in [0.3, 0.4) is 0 Å². The summed E-state index contributed by atoms with van der Waals surface area (Å²) in [5, 5.41) is 20.1. The summed E-state index contributed by atoms with van der Waals surface area (Å²) >= 11 is 3.32. The van der Waals surface area contributed by atoms with Gasteiger partial charge in [-0.1, -0.05) is 22.0 Å². The van der Waals surface area contributed by atoms with Gasteiger partial charge >= 0.3 is 0 Å². The number of aliphatic hydroxyl groups excluding tert-OH is 1. The lowest BCUT2D eigenvalue weighted by Crippen LogP contribution is -1.96. The average Bonchev–Trinajstić information content (AvgIpc) is 2.47. The van der Waals surface area contributed by atoms with Gasteiger partial charge in [-0.3, -0.25) is 10.1 Å². The summed E-state index contributed by atoms with van der Waals surface area (Å²) < 4.78 is 11.6. The molecule has 7 heteroatoms. The molecule has 0 bridgehead atoms. The number of rotatable bonds is 5. The molecule has 2 aromatic carbocycles. The fraction of sp³-hybridized carbons (Fsp3) is 0.143. The van der Waals surface area contributed by atoms with Crippen molar-refractivity contribution < 1.29 is 19.5 Å². The van der Waals surface area contributed by atoms with Crippen molar-refractivity contribution in [2.24, 2.45) is 0 Å². The molecular formula is C14H12BrNO5. The van der Waals surface area contributed by atoms with Gasteiger partial charge in [0.25, 0.3) is 5.69 Å². The third-order valence-electron chi connectivity index (χ3n) is 2.78. The Balaban J connectivity index is 2.39. The van der Waals surface area contributed by atoms with Crippen molar-refractivity contribution in [3.63, 3.8) is 0 Å². The van der Waals surface area contributed by atoms with Crippen molar-refractivity contribution in [2.45, 2.75) is 6.61 Å². The van der Waals surface area contributed by atoms with Crippen molar-refractivity contribution in [2.75, 3.05) is 7.11 Å². The first-order chi connectivity index (χ1) is 10.0. The molecule has 0 radical (unpaired) electrons. The van der Waals surface area contributed by atoms with Gasteiger partial charge in [-0.05, 0) is 18.2 Å². The number of nitrogens with zero attached hydrogens (tertiary/aromatic N) is 1. The van der Waals surface area contributed by atoms with E-state index in [2.05, 4.69) is 15.9 Å². The molecule has 21 heavy (non-hydrogen) atoms. The molecule has 0 aromatic heterocycles. The van der Waals surface area contributed by atoms with Gasteiger partial charge < -0.3 is 14.6 Å². The minimum atomic E-state index is -0.509. The van der Waals surface area contributed by atoms with Crippen molar-refractivity contribution in [3.05, 3.63) is 56.5 Å². The second-order valence-corrected chi connectivity index (χ2v) is 5.02. The maximum atomic E-state index is 10.8. The first-order valence-corrected chi connectivity index (χ1v) is 6.74. The molecule has 2 rings (SSSR count). The van der Waals surface area contributed by atoms with Crippen LogP contribution in [-0.4, -0.2) is 17.1 Å². The van der Waals surface area contributed by atoms with E-state index in [0.717, 1.165) is 4.47 Å². The highest BCUT2D eigenvalue weighted by atomic mass is 79.9. The normalized spacial score (nSPS) is 10.2. The van der Waals surface area contributed by atoms with Crippen LogP contribution in [-0.2, 0) is 6.61 Å². The van der Waals surface area contributed by atoms with Crippen molar-refractivity contribution in [3.8, 4) is 17.2 Å². The highest BCUT2D eigenvalue weighted by Crippen LogP contribution is 2.36. The summed E-state index contributed by atoms with van der Waals surface area (Å²) in [6.07, 6.45) is 0. The summed E-state index contributed by atoms with van der Waals surface area (Å²) in [6, 6.07) is 9.27. The summed E-state index contributed by atoms with van der Waals surface area (Å²) in [6.45, 7) is -0.183. The number of hydrogen-bond donors (Lipinski definition) is 1. The van der Waals surface area contributed by atoms with Crippen LogP contribution in [0.25, 0.3) is 0 Å². The van der Waals surface area contributed by atoms with Crippen LogP contribution in [0.2, 0.25) is 0 Å². The van der Waals surface area contributed by atoms with Crippen LogP contribution in [0.4, 0.5) is 5.69 Å². The zero-order valence-electron chi connectivity index (χ0n) is 11.1. The lowest BCUT2D eigenvalue weighted by molar-refractivity contribution is -0.384. The number of non-ortho nitro benzene ring substituents is 1. The van der Waals surface area contributed by atoms with Gasteiger partial charge in [0.15, 0.2) is 11.5 Å². The Kier molecular flexibility index (Phi) is 4.77. The molecule has 0 atom stereocenters. The molecule has 6 nitrogen and oxygen atoms in total. The molecular weight excluding hydrogens is 342 g/mol. The molecule has 110 valence electrons. The largest absolute Gasteiger partial charge is 0.493 e. The summed E-state index contributed by atoms with van der Waals surface area (Å²) in [7, 11) is 1.40. The van der Waals surface area contributed by atoms with E-state index in [1.165, 1.54) is 25.3 Å². The van der Waals surface area contributed by atoms with Crippen LogP contribution >= 0.6 is 15.9 Å². The first-order valence-electron chi connectivity index (χ1n) is 5.94. The van der Waals surface area contributed by atoms with Crippen molar-refractivity contribution >= 4 is 21.6 Å².